The Morgan fingerprint density at radius 1 is 1.40 bits per heavy atom. The quantitative estimate of drug-likeness (QED) is 0.895. The van der Waals surface area contributed by atoms with Crippen molar-refractivity contribution in [2.24, 2.45) is 5.73 Å². The summed E-state index contributed by atoms with van der Waals surface area (Å²) in [7, 11) is 0. The van der Waals surface area contributed by atoms with Gasteiger partial charge in [0.2, 0.25) is 0 Å². The van der Waals surface area contributed by atoms with Gasteiger partial charge in [0.15, 0.2) is 0 Å². The van der Waals surface area contributed by atoms with Crippen molar-refractivity contribution in [2.45, 2.75) is 19.9 Å². The number of hydrogen-bond acceptors (Lipinski definition) is 4. The second-order valence-electron chi connectivity index (χ2n) is 3.29. The Labute approximate surface area is 102 Å². The van der Waals surface area contributed by atoms with Crippen LogP contribution in [0.15, 0.2) is 11.4 Å². The maximum Gasteiger partial charge on any atom is 0.0900 e. The van der Waals surface area contributed by atoms with Crippen LogP contribution >= 0.6 is 34.3 Å². The fourth-order valence-electron chi connectivity index (χ4n) is 1.48. The molecule has 0 aromatic carbocycles. The molecule has 0 aliphatic heterocycles. The number of nitrogens with zero attached hydrogens (tertiary/aromatic N) is 1. The Morgan fingerprint density at radius 3 is 2.60 bits per heavy atom. The normalized spacial score (nSPS) is 13.1. The molecular weight excluding hydrogens is 248 g/mol. The lowest BCUT2D eigenvalue weighted by Crippen LogP contribution is -2.10. The molecule has 2 nitrogen and oxygen atoms in total. The van der Waals surface area contributed by atoms with Crippen molar-refractivity contribution >= 4 is 34.3 Å². The van der Waals surface area contributed by atoms with Crippen LogP contribution in [0.3, 0.4) is 0 Å². The second kappa shape index (κ2) is 4.22. The lowest BCUT2D eigenvalue weighted by molar-refractivity contribution is 0.898. The van der Waals surface area contributed by atoms with Crippen LogP contribution in [-0.2, 0) is 0 Å². The van der Waals surface area contributed by atoms with Crippen LogP contribution in [0.4, 0.5) is 0 Å². The van der Waals surface area contributed by atoms with Gasteiger partial charge in [0, 0.05) is 9.75 Å². The van der Waals surface area contributed by atoms with Gasteiger partial charge in [0.1, 0.15) is 0 Å². The van der Waals surface area contributed by atoms with Crippen LogP contribution in [0, 0.1) is 13.8 Å². The van der Waals surface area contributed by atoms with E-state index in [1.54, 1.807) is 22.7 Å². The molecule has 0 fully saturated rings. The number of thiazole rings is 1. The lowest BCUT2D eigenvalue weighted by Gasteiger charge is -2.08. The molecule has 5 heteroatoms. The molecule has 0 aliphatic rings. The molecule has 0 amide bonds. The molecule has 1 unspecified atom stereocenters. The molecule has 0 radical (unpaired) electrons. The SMILES string of the molecule is Cc1nc(C)c(C(N)c2sccc2Cl)s1. The lowest BCUT2D eigenvalue weighted by atomic mass is 10.2. The molecule has 2 aromatic rings. The number of rotatable bonds is 2. The van der Waals surface area contributed by atoms with Gasteiger partial charge in [-0.1, -0.05) is 11.6 Å². The highest BCUT2D eigenvalue weighted by atomic mass is 35.5. The highest BCUT2D eigenvalue weighted by Crippen LogP contribution is 2.34. The highest BCUT2D eigenvalue weighted by Gasteiger charge is 2.18. The number of thiophene rings is 1. The first-order chi connectivity index (χ1) is 7.09. The number of nitrogens with two attached hydrogens (primary N) is 1. The van der Waals surface area contributed by atoms with Gasteiger partial charge < -0.3 is 5.73 Å². The molecule has 0 saturated heterocycles. The van der Waals surface area contributed by atoms with Crippen molar-refractivity contribution in [2.75, 3.05) is 0 Å². The summed E-state index contributed by atoms with van der Waals surface area (Å²) in [6.07, 6.45) is 0. The largest absolute Gasteiger partial charge is 0.319 e. The molecule has 0 bridgehead atoms. The molecule has 0 aliphatic carbocycles. The predicted molar refractivity (Wildman–Crippen MR) is 66.9 cm³/mol. The third-order valence-corrected chi connectivity index (χ3v) is 4.75. The zero-order chi connectivity index (χ0) is 11.0. The summed E-state index contributed by atoms with van der Waals surface area (Å²) >= 11 is 9.29. The van der Waals surface area contributed by atoms with Gasteiger partial charge >= 0.3 is 0 Å². The van der Waals surface area contributed by atoms with E-state index >= 15 is 0 Å². The molecular formula is C10H11ClN2S2. The van der Waals surface area contributed by atoms with E-state index in [4.69, 9.17) is 17.3 Å². The summed E-state index contributed by atoms with van der Waals surface area (Å²) in [6.45, 7) is 3.98. The molecule has 2 rings (SSSR count). The summed E-state index contributed by atoms with van der Waals surface area (Å²) in [5.41, 5.74) is 7.18. The van der Waals surface area contributed by atoms with Crippen LogP contribution in [-0.4, -0.2) is 4.98 Å². The summed E-state index contributed by atoms with van der Waals surface area (Å²) in [4.78, 5) is 6.50. The molecule has 2 N–H and O–H groups in total. The average Bonchev–Trinajstić information content (AvgIpc) is 2.71. The molecule has 0 saturated carbocycles. The van der Waals surface area contributed by atoms with Crippen molar-refractivity contribution in [3.8, 4) is 0 Å². The van der Waals surface area contributed by atoms with Gasteiger partial charge in [-0.05, 0) is 25.3 Å². The van der Waals surface area contributed by atoms with Crippen LogP contribution < -0.4 is 5.73 Å². The third-order valence-electron chi connectivity index (χ3n) is 2.15. The maximum absolute atomic E-state index is 6.17. The van der Waals surface area contributed by atoms with E-state index in [0.717, 1.165) is 25.5 Å². The van der Waals surface area contributed by atoms with Crippen molar-refractivity contribution in [1.29, 1.82) is 0 Å². The van der Waals surface area contributed by atoms with E-state index in [0.29, 0.717) is 0 Å². The number of halogens is 1. The van der Waals surface area contributed by atoms with E-state index in [9.17, 15) is 0 Å². The average molecular weight is 259 g/mol. The molecule has 2 aromatic heterocycles. The summed E-state index contributed by atoms with van der Waals surface area (Å²) < 4.78 is 0. The maximum atomic E-state index is 6.17. The number of hydrogen-bond donors (Lipinski definition) is 1. The Balaban J connectivity index is 2.40. The molecule has 1 atom stereocenters. The zero-order valence-electron chi connectivity index (χ0n) is 8.45. The standard InChI is InChI=1S/C10H11ClN2S2/c1-5-9(15-6(2)13-5)8(12)10-7(11)3-4-14-10/h3-4,8H,12H2,1-2H3. The molecule has 0 spiro atoms. The van der Waals surface area contributed by atoms with Crippen molar-refractivity contribution < 1.29 is 0 Å². The van der Waals surface area contributed by atoms with Crippen molar-refractivity contribution in [1.82, 2.24) is 4.98 Å². The smallest absolute Gasteiger partial charge is 0.0900 e. The van der Waals surface area contributed by atoms with E-state index in [1.165, 1.54) is 0 Å². The fourth-order valence-corrected chi connectivity index (χ4v) is 3.68. The third kappa shape index (κ3) is 2.08. The zero-order valence-corrected chi connectivity index (χ0v) is 10.8. The highest BCUT2D eigenvalue weighted by molar-refractivity contribution is 7.13. The van der Waals surface area contributed by atoms with Gasteiger partial charge in [-0.15, -0.1) is 22.7 Å². The van der Waals surface area contributed by atoms with Crippen LogP contribution in [0.25, 0.3) is 0 Å². The number of aromatic nitrogens is 1. The molecule has 15 heavy (non-hydrogen) atoms. The van der Waals surface area contributed by atoms with Gasteiger partial charge in [0.25, 0.3) is 0 Å². The second-order valence-corrected chi connectivity index (χ2v) is 5.88. The summed E-state index contributed by atoms with van der Waals surface area (Å²) in [6, 6.07) is 1.74. The molecule has 2 heterocycles. The minimum atomic E-state index is -0.135. The summed E-state index contributed by atoms with van der Waals surface area (Å²) in [5.74, 6) is 0. The summed E-state index contributed by atoms with van der Waals surface area (Å²) in [5, 5.41) is 3.75. The first kappa shape index (κ1) is 11.1. The predicted octanol–water partition coefficient (Wildman–Crippen LogP) is 3.52. The fraction of sp³-hybridized carbons (Fsp3) is 0.300. The first-order valence-electron chi connectivity index (χ1n) is 4.52. The van der Waals surface area contributed by atoms with Crippen molar-refractivity contribution in [3.63, 3.8) is 0 Å². The number of aryl methyl sites for hydroxylation is 2. The Kier molecular flexibility index (Phi) is 3.11. The van der Waals surface area contributed by atoms with E-state index in [-0.39, 0.29) is 6.04 Å². The minimum absolute atomic E-state index is 0.135. The monoisotopic (exact) mass is 258 g/mol. The van der Waals surface area contributed by atoms with Gasteiger partial charge in [-0.25, -0.2) is 4.98 Å². The molecule has 80 valence electrons. The van der Waals surface area contributed by atoms with E-state index in [1.807, 2.05) is 25.3 Å². The Morgan fingerprint density at radius 2 is 2.13 bits per heavy atom. The van der Waals surface area contributed by atoms with Crippen LogP contribution in [0.1, 0.15) is 26.5 Å². The van der Waals surface area contributed by atoms with Gasteiger partial charge in [-0.2, -0.15) is 0 Å². The van der Waals surface area contributed by atoms with E-state index < -0.39 is 0 Å². The van der Waals surface area contributed by atoms with Gasteiger partial charge in [-0.3, -0.25) is 0 Å². The Bertz CT molecular complexity index is 475. The Hall–Kier alpha value is -0.420. The van der Waals surface area contributed by atoms with Gasteiger partial charge in [0.05, 0.1) is 21.8 Å². The minimum Gasteiger partial charge on any atom is -0.319 e. The first-order valence-corrected chi connectivity index (χ1v) is 6.59. The van der Waals surface area contributed by atoms with Crippen LogP contribution in [0.2, 0.25) is 5.02 Å². The topological polar surface area (TPSA) is 38.9 Å². The van der Waals surface area contributed by atoms with Crippen LogP contribution in [0.5, 0.6) is 0 Å². The van der Waals surface area contributed by atoms with Crippen molar-refractivity contribution in [3.05, 3.63) is 36.9 Å². The van der Waals surface area contributed by atoms with E-state index in [2.05, 4.69) is 4.98 Å².